The Balaban J connectivity index is 2.28. The van der Waals surface area contributed by atoms with Gasteiger partial charge in [-0.25, -0.2) is 10.1 Å². The van der Waals surface area contributed by atoms with Crippen LogP contribution >= 0.6 is 11.3 Å². The highest BCUT2D eigenvalue weighted by atomic mass is 32.1. The van der Waals surface area contributed by atoms with Gasteiger partial charge in [-0.1, -0.05) is 30.3 Å². The van der Waals surface area contributed by atoms with Crippen LogP contribution in [0.25, 0.3) is 20.8 Å². The lowest BCUT2D eigenvalue weighted by Crippen LogP contribution is -2.04. The quantitative estimate of drug-likeness (QED) is 0.694. The molecule has 0 fully saturated rings. The molecule has 0 radical (unpaired) electrons. The maximum atomic E-state index is 11.5. The molecule has 2 aromatic heterocycles. The van der Waals surface area contributed by atoms with Crippen molar-refractivity contribution >= 4 is 21.6 Å². The van der Waals surface area contributed by atoms with Crippen LogP contribution in [0, 0.1) is 0 Å². The second kappa shape index (κ2) is 3.53. The maximum absolute atomic E-state index is 11.5. The van der Waals surface area contributed by atoms with Crippen LogP contribution in [-0.4, -0.2) is 15.2 Å². The van der Waals surface area contributed by atoms with Crippen molar-refractivity contribution in [2.45, 2.75) is 0 Å². The largest absolute Gasteiger partial charge is 0.283 e. The van der Waals surface area contributed by atoms with Gasteiger partial charge in [-0.3, -0.25) is 4.79 Å². The van der Waals surface area contributed by atoms with E-state index in [1.165, 1.54) is 11.3 Å². The number of benzene rings is 1. The molecule has 0 atom stereocenters. The smallest absolute Gasteiger partial charge is 0.266 e. The third kappa shape index (κ3) is 1.42. The van der Waals surface area contributed by atoms with Gasteiger partial charge < -0.3 is 0 Å². The predicted octanol–water partition coefficient (Wildman–Crippen LogP) is 2.05. The maximum Gasteiger partial charge on any atom is 0.283 e. The lowest BCUT2D eigenvalue weighted by atomic mass is 10.2. The molecule has 2 heterocycles. The Morgan fingerprint density at radius 1 is 1.19 bits per heavy atom. The molecule has 0 spiro atoms. The average Bonchev–Trinajstić information content (AvgIpc) is 2.76. The van der Waals surface area contributed by atoms with Crippen molar-refractivity contribution < 1.29 is 0 Å². The molecule has 78 valence electrons. The molecule has 5 heteroatoms. The van der Waals surface area contributed by atoms with Crippen LogP contribution in [0.15, 0.2) is 41.3 Å². The summed E-state index contributed by atoms with van der Waals surface area (Å²) in [4.78, 5) is 15.9. The Bertz CT molecular complexity index is 687. The normalized spacial score (nSPS) is 10.8. The number of hydrogen-bond donors (Lipinski definition) is 1. The Morgan fingerprint density at radius 3 is 2.75 bits per heavy atom. The number of thiazole rings is 1. The summed E-state index contributed by atoms with van der Waals surface area (Å²) in [5.74, 6) is 0. The minimum absolute atomic E-state index is 0.183. The monoisotopic (exact) mass is 229 g/mol. The van der Waals surface area contributed by atoms with E-state index < -0.39 is 0 Å². The number of aromatic nitrogens is 3. The van der Waals surface area contributed by atoms with Crippen LogP contribution in [0.5, 0.6) is 0 Å². The molecule has 0 aliphatic heterocycles. The Morgan fingerprint density at radius 2 is 2.00 bits per heavy atom. The average molecular weight is 229 g/mol. The zero-order valence-electron chi connectivity index (χ0n) is 8.18. The molecule has 1 aromatic carbocycles. The zero-order chi connectivity index (χ0) is 11.0. The van der Waals surface area contributed by atoms with Crippen LogP contribution in [0.3, 0.4) is 0 Å². The molecule has 0 unspecified atom stereocenters. The second-order valence-corrected chi connectivity index (χ2v) is 4.30. The molecule has 0 bridgehead atoms. The fourth-order valence-corrected chi connectivity index (χ4v) is 2.42. The van der Waals surface area contributed by atoms with Crippen molar-refractivity contribution in [2.24, 2.45) is 0 Å². The summed E-state index contributed by atoms with van der Waals surface area (Å²) >= 11 is 1.38. The number of nitrogens with zero attached hydrogens (tertiary/aromatic N) is 2. The fraction of sp³-hybridized carbons (Fsp3) is 0. The van der Waals surface area contributed by atoms with E-state index >= 15 is 0 Å². The Hall–Kier alpha value is -2.01. The molecule has 1 N–H and O–H groups in total. The summed E-state index contributed by atoms with van der Waals surface area (Å²) in [6, 6.07) is 9.79. The van der Waals surface area contributed by atoms with Crippen molar-refractivity contribution in [1.29, 1.82) is 0 Å². The third-order valence-corrected chi connectivity index (χ3v) is 3.35. The molecule has 0 amide bonds. The Kier molecular flexibility index (Phi) is 2.04. The van der Waals surface area contributed by atoms with E-state index in [0.717, 1.165) is 10.6 Å². The summed E-state index contributed by atoms with van der Waals surface area (Å²) in [5.41, 5.74) is 1.48. The van der Waals surface area contributed by atoms with Gasteiger partial charge in [-0.2, -0.15) is 5.10 Å². The van der Waals surface area contributed by atoms with Gasteiger partial charge in [0.25, 0.3) is 5.56 Å². The van der Waals surface area contributed by atoms with E-state index in [1.807, 2.05) is 30.3 Å². The van der Waals surface area contributed by atoms with E-state index in [2.05, 4.69) is 15.2 Å². The molecular weight excluding hydrogens is 222 g/mol. The SMILES string of the molecule is O=c1[nH]ncc2nc(-c3ccccc3)sc12. The molecule has 3 rings (SSSR count). The first-order valence-electron chi connectivity index (χ1n) is 4.74. The number of hydrogen-bond acceptors (Lipinski definition) is 4. The van der Waals surface area contributed by atoms with Gasteiger partial charge in [0.1, 0.15) is 15.2 Å². The van der Waals surface area contributed by atoms with Crippen molar-refractivity contribution in [3.63, 3.8) is 0 Å². The summed E-state index contributed by atoms with van der Waals surface area (Å²) in [7, 11) is 0. The topological polar surface area (TPSA) is 58.6 Å². The van der Waals surface area contributed by atoms with Gasteiger partial charge >= 0.3 is 0 Å². The van der Waals surface area contributed by atoms with Crippen LogP contribution in [0.1, 0.15) is 0 Å². The van der Waals surface area contributed by atoms with Crippen LogP contribution in [0.4, 0.5) is 0 Å². The van der Waals surface area contributed by atoms with Crippen LogP contribution in [-0.2, 0) is 0 Å². The van der Waals surface area contributed by atoms with Crippen molar-refractivity contribution in [2.75, 3.05) is 0 Å². The number of fused-ring (bicyclic) bond motifs is 1. The molecule has 0 aliphatic rings. The van der Waals surface area contributed by atoms with E-state index in [1.54, 1.807) is 6.20 Å². The molecule has 0 saturated heterocycles. The fourth-order valence-electron chi connectivity index (χ4n) is 1.49. The predicted molar refractivity (Wildman–Crippen MR) is 63.5 cm³/mol. The van der Waals surface area contributed by atoms with Gasteiger partial charge in [-0.15, -0.1) is 11.3 Å². The lowest BCUT2D eigenvalue weighted by Gasteiger charge is -1.92. The minimum Gasteiger partial charge on any atom is -0.266 e. The first-order chi connectivity index (χ1) is 7.84. The zero-order valence-corrected chi connectivity index (χ0v) is 8.99. The summed E-state index contributed by atoms with van der Waals surface area (Å²) < 4.78 is 0.619. The van der Waals surface area contributed by atoms with Gasteiger partial charge in [0.05, 0.1) is 6.20 Å². The van der Waals surface area contributed by atoms with Crippen molar-refractivity contribution in [3.8, 4) is 10.6 Å². The minimum atomic E-state index is -0.183. The molecular formula is C11H7N3OS. The van der Waals surface area contributed by atoms with Gasteiger partial charge in [0.15, 0.2) is 0 Å². The summed E-state index contributed by atoms with van der Waals surface area (Å²) in [6.07, 6.45) is 1.57. The van der Waals surface area contributed by atoms with Gasteiger partial charge in [0.2, 0.25) is 0 Å². The van der Waals surface area contributed by atoms with E-state index in [0.29, 0.717) is 10.2 Å². The number of nitrogens with one attached hydrogen (secondary N) is 1. The van der Waals surface area contributed by atoms with Crippen LogP contribution in [0.2, 0.25) is 0 Å². The summed E-state index contributed by atoms with van der Waals surface area (Å²) in [5, 5.41) is 6.97. The number of aromatic amines is 1. The molecule has 3 aromatic rings. The van der Waals surface area contributed by atoms with Gasteiger partial charge in [-0.05, 0) is 0 Å². The van der Waals surface area contributed by atoms with E-state index in [9.17, 15) is 4.79 Å². The Labute approximate surface area is 94.6 Å². The van der Waals surface area contributed by atoms with Crippen molar-refractivity contribution in [1.82, 2.24) is 15.2 Å². The van der Waals surface area contributed by atoms with Gasteiger partial charge in [0, 0.05) is 5.56 Å². The molecule has 0 aliphatic carbocycles. The first-order valence-corrected chi connectivity index (χ1v) is 5.56. The highest BCUT2D eigenvalue weighted by Gasteiger charge is 2.08. The van der Waals surface area contributed by atoms with Crippen molar-refractivity contribution in [3.05, 3.63) is 46.9 Å². The molecule has 4 nitrogen and oxygen atoms in total. The number of rotatable bonds is 1. The first kappa shape index (κ1) is 9.23. The van der Waals surface area contributed by atoms with Crippen LogP contribution < -0.4 is 5.56 Å². The third-order valence-electron chi connectivity index (χ3n) is 2.23. The second-order valence-electron chi connectivity index (χ2n) is 3.30. The van der Waals surface area contributed by atoms with E-state index in [-0.39, 0.29) is 5.56 Å². The standard InChI is InChI=1S/C11H7N3OS/c15-10-9-8(6-12-14-10)13-11(16-9)7-4-2-1-3-5-7/h1-6H,(H,14,15). The molecule has 0 saturated carbocycles. The molecule has 16 heavy (non-hydrogen) atoms. The number of H-pyrrole nitrogens is 1. The van der Waals surface area contributed by atoms with E-state index in [4.69, 9.17) is 0 Å². The summed E-state index contributed by atoms with van der Waals surface area (Å²) in [6.45, 7) is 0. The highest BCUT2D eigenvalue weighted by molar-refractivity contribution is 7.21. The lowest BCUT2D eigenvalue weighted by molar-refractivity contribution is 1.01. The highest BCUT2D eigenvalue weighted by Crippen LogP contribution is 2.26.